The highest BCUT2D eigenvalue weighted by molar-refractivity contribution is 7.82. The topological polar surface area (TPSA) is 214 Å². The minimum atomic E-state index is -1.61. The highest BCUT2D eigenvalue weighted by atomic mass is 32.2. The Morgan fingerprint density at radius 1 is 1.20 bits per heavy atom. The summed E-state index contributed by atoms with van der Waals surface area (Å²) in [7, 11) is 1.83. The number of anilines is 3. The number of halogens is 1. The van der Waals surface area contributed by atoms with Crippen LogP contribution in [0.3, 0.4) is 0 Å². The molecule has 0 bridgehead atoms. The van der Waals surface area contributed by atoms with Gasteiger partial charge in [-0.3, -0.25) is 28.9 Å². The fourth-order valence-corrected chi connectivity index (χ4v) is 8.48. The maximum atomic E-state index is 15.4. The number of nitrogens with one attached hydrogen (secondary N) is 3. The Morgan fingerprint density at radius 3 is 2.65 bits per heavy atom. The smallest absolute Gasteiger partial charge is 0.329 e. The lowest BCUT2D eigenvalue weighted by molar-refractivity contribution is -0.128. The van der Waals surface area contributed by atoms with Crippen molar-refractivity contribution in [1.82, 2.24) is 43.2 Å². The fraction of sp³-hybridized carbons (Fsp3) is 0.425. The van der Waals surface area contributed by atoms with Gasteiger partial charge in [-0.1, -0.05) is 13.3 Å². The van der Waals surface area contributed by atoms with Crippen molar-refractivity contribution in [3.63, 3.8) is 0 Å². The molecule has 1 aliphatic heterocycles. The Labute approximate surface area is 349 Å². The van der Waals surface area contributed by atoms with Crippen molar-refractivity contribution in [3.8, 4) is 5.75 Å². The Hall–Kier alpha value is -5.99. The molecular weight excluding hydrogens is 794 g/mol. The second kappa shape index (κ2) is 18.9. The third-order valence-corrected chi connectivity index (χ3v) is 11.9. The van der Waals surface area contributed by atoms with E-state index in [0.29, 0.717) is 58.6 Å². The molecule has 3 unspecified atom stereocenters. The number of fused-ring (bicyclic) bond motifs is 2. The predicted molar refractivity (Wildman–Crippen MR) is 229 cm³/mol. The van der Waals surface area contributed by atoms with Crippen molar-refractivity contribution < 1.29 is 22.9 Å². The zero-order chi connectivity index (χ0) is 43.2. The maximum Gasteiger partial charge on any atom is 0.329 e. The number of carbonyl (C=O) groups excluding carboxylic acids is 2. The van der Waals surface area contributed by atoms with E-state index in [1.807, 2.05) is 39.0 Å². The van der Waals surface area contributed by atoms with E-state index < -0.39 is 28.8 Å². The van der Waals surface area contributed by atoms with E-state index in [9.17, 15) is 18.6 Å². The fourth-order valence-electron chi connectivity index (χ4n) is 7.44. The molecule has 6 rings (SSSR count). The molecule has 0 saturated carbocycles. The first-order valence-electron chi connectivity index (χ1n) is 19.8. The second-order valence-electron chi connectivity index (χ2n) is 14.9. The lowest BCUT2D eigenvalue weighted by atomic mass is 10.1. The number of carbonyl (C=O) groups is 2. The summed E-state index contributed by atoms with van der Waals surface area (Å²) in [6, 6.07) is 9.56. The number of aromatic nitrogens is 6. The summed E-state index contributed by atoms with van der Waals surface area (Å²) in [5.41, 5.74) is 8.74. The normalized spacial score (nSPS) is 16.1. The summed E-state index contributed by atoms with van der Waals surface area (Å²) >= 11 is 0. The van der Waals surface area contributed by atoms with Crippen molar-refractivity contribution in [2.24, 2.45) is 12.8 Å². The van der Waals surface area contributed by atoms with Crippen LogP contribution in [0.1, 0.15) is 58.7 Å². The minimum Gasteiger partial charge on any atom is -0.485 e. The third kappa shape index (κ3) is 9.09. The summed E-state index contributed by atoms with van der Waals surface area (Å²) in [5, 5.41) is 17.2. The number of rotatable bonds is 18. The molecule has 0 aliphatic carbocycles. The monoisotopic (exact) mass is 845 g/mol. The molecule has 2 aromatic carbocycles. The average Bonchev–Trinajstić information content (AvgIpc) is 3.75. The van der Waals surface area contributed by atoms with Gasteiger partial charge in [-0.2, -0.15) is 9.50 Å². The standard InChI is InChI=1S/C40H52FN13O5S/c1-7-9-33(38(56)45-24-55)54-32-13-10-28(18-34(32)50(6)40(54)57)52-17-16-51(26(4)22-52)15-8-14-49(5)60(58)29-11-12-31(30(41)19-29)46-39-47-37-36(59-25(2)3)35(27(20-42)21-43)44-23-53(37)48-39/h10-13,18-21,23-26,33,42H,7-9,14-17,22,43H2,1-6H3,(H,46,48)(H,45,55,56)/b27-21+,42-20?. The Balaban J connectivity index is 1.04. The van der Waals surface area contributed by atoms with Crippen LogP contribution in [0.25, 0.3) is 22.3 Å². The molecule has 3 atom stereocenters. The number of hydrogen-bond acceptors (Lipinski definition) is 13. The Morgan fingerprint density at radius 2 is 1.98 bits per heavy atom. The predicted octanol–water partition coefficient (Wildman–Crippen LogP) is 3.57. The number of nitrogens with two attached hydrogens (primary N) is 1. The maximum absolute atomic E-state index is 15.4. The van der Waals surface area contributed by atoms with Crippen LogP contribution in [-0.4, -0.2) is 113 Å². The van der Waals surface area contributed by atoms with Gasteiger partial charge in [-0.15, -0.1) is 5.10 Å². The zero-order valence-electron chi connectivity index (χ0n) is 34.6. The molecule has 1 aliphatic rings. The molecule has 2 amide bonds. The van der Waals surface area contributed by atoms with Gasteiger partial charge >= 0.3 is 5.69 Å². The lowest BCUT2D eigenvalue weighted by Crippen LogP contribution is -2.52. The van der Waals surface area contributed by atoms with E-state index in [-0.39, 0.29) is 35.2 Å². The van der Waals surface area contributed by atoms with Gasteiger partial charge in [0, 0.05) is 70.0 Å². The van der Waals surface area contributed by atoms with Crippen LogP contribution in [0.5, 0.6) is 5.75 Å². The Kier molecular flexibility index (Phi) is 13.8. The number of amides is 2. The summed E-state index contributed by atoms with van der Waals surface area (Å²) < 4.78 is 41.0. The van der Waals surface area contributed by atoms with Crippen molar-refractivity contribution >= 4 is 69.1 Å². The summed E-state index contributed by atoms with van der Waals surface area (Å²) in [6.07, 6.45) is 5.64. The van der Waals surface area contributed by atoms with E-state index in [2.05, 4.69) is 42.4 Å². The number of piperazine rings is 1. The minimum absolute atomic E-state index is 0.0825. The molecule has 20 heteroatoms. The summed E-state index contributed by atoms with van der Waals surface area (Å²) in [5.74, 6) is -0.778. The van der Waals surface area contributed by atoms with Crippen LogP contribution in [0, 0.1) is 11.2 Å². The van der Waals surface area contributed by atoms with E-state index >= 15 is 4.39 Å². The van der Waals surface area contributed by atoms with Crippen LogP contribution < -0.4 is 31.7 Å². The van der Waals surface area contributed by atoms with Crippen LogP contribution in [0.4, 0.5) is 21.7 Å². The first-order chi connectivity index (χ1) is 28.8. The molecular formula is C40H52FN13O5S. The van der Waals surface area contributed by atoms with Gasteiger partial charge in [-0.05, 0) is 76.6 Å². The van der Waals surface area contributed by atoms with Crippen LogP contribution in [0.15, 0.2) is 58.6 Å². The molecule has 0 spiro atoms. The molecule has 5 N–H and O–H groups in total. The van der Waals surface area contributed by atoms with E-state index in [1.54, 1.807) is 29.0 Å². The number of hydrogen-bond donors (Lipinski definition) is 4. The molecule has 320 valence electrons. The highest BCUT2D eigenvalue weighted by Gasteiger charge is 2.28. The van der Waals surface area contributed by atoms with Crippen molar-refractivity contribution in [1.29, 1.82) is 5.41 Å². The first-order valence-corrected chi connectivity index (χ1v) is 20.9. The Bertz CT molecular complexity index is 2500. The van der Waals surface area contributed by atoms with Gasteiger partial charge in [0.15, 0.2) is 5.75 Å². The second-order valence-corrected chi connectivity index (χ2v) is 16.5. The van der Waals surface area contributed by atoms with Crippen molar-refractivity contribution in [3.05, 3.63) is 70.9 Å². The molecule has 1 fully saturated rings. The van der Waals surface area contributed by atoms with Crippen molar-refractivity contribution in [2.45, 2.75) is 70.0 Å². The quantitative estimate of drug-likeness (QED) is 0.0737. The van der Waals surface area contributed by atoms with Crippen LogP contribution >= 0.6 is 0 Å². The first kappa shape index (κ1) is 43.6. The van der Waals surface area contributed by atoms with Gasteiger partial charge in [0.1, 0.15) is 34.9 Å². The van der Waals surface area contributed by atoms with Crippen molar-refractivity contribution in [2.75, 3.05) is 50.0 Å². The third-order valence-electron chi connectivity index (χ3n) is 10.5. The molecule has 0 radical (unpaired) electrons. The number of imide groups is 1. The molecule has 3 aromatic heterocycles. The lowest BCUT2D eigenvalue weighted by Gasteiger charge is -2.41. The number of benzene rings is 2. The number of allylic oxidation sites excluding steroid dienone is 1. The number of imidazole rings is 1. The van der Waals surface area contributed by atoms with Crippen LogP contribution in [0.2, 0.25) is 0 Å². The van der Waals surface area contributed by atoms with Gasteiger partial charge in [0.2, 0.25) is 23.9 Å². The summed E-state index contributed by atoms with van der Waals surface area (Å²) in [6.45, 7) is 11.4. The van der Waals surface area contributed by atoms with E-state index in [1.165, 1.54) is 33.7 Å². The van der Waals surface area contributed by atoms with E-state index in [4.69, 9.17) is 15.9 Å². The van der Waals surface area contributed by atoms with Gasteiger partial charge in [-0.25, -0.2) is 22.7 Å². The number of nitrogens with zero attached hydrogens (tertiary/aromatic N) is 9. The number of aryl methyl sites for hydroxylation is 1. The average molecular weight is 846 g/mol. The molecule has 5 aromatic rings. The largest absolute Gasteiger partial charge is 0.485 e. The van der Waals surface area contributed by atoms with Gasteiger partial charge < -0.3 is 26.1 Å². The SMILES string of the molecule is CCCC(C(=O)NC=O)n1c(=O)n(C)c2cc(N3CCN(CCCN(C)S(=O)c4ccc(Nc5nc6c(OC(C)C)c(/C(C=N)=C/N)ncn6n5)c(F)c4)C(C)C3)ccc21. The highest BCUT2D eigenvalue weighted by Crippen LogP contribution is 2.31. The van der Waals surface area contributed by atoms with E-state index in [0.717, 1.165) is 44.5 Å². The van der Waals surface area contributed by atoms with Crippen LogP contribution in [-0.2, 0) is 27.6 Å². The van der Waals surface area contributed by atoms with Gasteiger partial charge in [0.25, 0.3) is 0 Å². The molecule has 60 heavy (non-hydrogen) atoms. The number of ether oxygens (including phenoxy) is 1. The molecule has 4 heterocycles. The molecule has 18 nitrogen and oxygen atoms in total. The molecule has 1 saturated heterocycles. The summed E-state index contributed by atoms with van der Waals surface area (Å²) in [4.78, 5) is 50.9. The van der Waals surface area contributed by atoms with Gasteiger partial charge in [0.05, 0.1) is 27.7 Å². The zero-order valence-corrected chi connectivity index (χ0v) is 35.4.